The van der Waals surface area contributed by atoms with E-state index in [0.717, 1.165) is 18.2 Å². The van der Waals surface area contributed by atoms with Crippen molar-refractivity contribution in [3.8, 4) is 0 Å². The molecule has 0 saturated carbocycles. The van der Waals surface area contributed by atoms with Crippen molar-refractivity contribution in [2.45, 2.75) is 6.92 Å². The molecule has 0 fully saturated rings. The van der Waals surface area contributed by atoms with Crippen LogP contribution in [0, 0.1) is 17.6 Å². The molecule has 1 N–H and O–H groups in total. The maximum Gasteiger partial charge on any atom is 0.308 e. The summed E-state index contributed by atoms with van der Waals surface area (Å²) < 4.78 is 26.7. The molecule has 1 aromatic carbocycles. The van der Waals surface area contributed by atoms with Gasteiger partial charge in [-0.1, -0.05) is 13.0 Å². The van der Waals surface area contributed by atoms with Crippen molar-refractivity contribution in [3.05, 3.63) is 42.5 Å². The largest absolute Gasteiger partial charge is 0.481 e. The molecule has 0 spiro atoms. The summed E-state index contributed by atoms with van der Waals surface area (Å²) in [6, 6.07) is 3.09. The van der Waals surface area contributed by atoms with Gasteiger partial charge in [-0.05, 0) is 12.1 Å². The van der Waals surface area contributed by atoms with Gasteiger partial charge in [0.1, 0.15) is 11.6 Å². The molecule has 18 heavy (non-hydrogen) atoms. The summed E-state index contributed by atoms with van der Waals surface area (Å²) >= 11 is 0. The maximum atomic E-state index is 13.6. The van der Waals surface area contributed by atoms with Crippen LogP contribution in [0.3, 0.4) is 0 Å². The topological polar surface area (TPSA) is 40.5 Å². The quantitative estimate of drug-likeness (QED) is 0.794. The second-order valence-corrected chi connectivity index (χ2v) is 4.03. The fraction of sp³-hybridized carbons (Fsp3) is 0.308. The van der Waals surface area contributed by atoms with E-state index in [1.54, 1.807) is 0 Å². The van der Waals surface area contributed by atoms with Gasteiger partial charge in [-0.25, -0.2) is 8.78 Å². The normalized spacial score (nSPS) is 11.9. The van der Waals surface area contributed by atoms with Gasteiger partial charge < -0.3 is 10.0 Å². The van der Waals surface area contributed by atoms with Crippen LogP contribution in [0.25, 0.3) is 0 Å². The molecular weight excluding hydrogens is 240 g/mol. The Labute approximate surface area is 104 Å². The Kier molecular flexibility index (Phi) is 4.83. The highest BCUT2D eigenvalue weighted by atomic mass is 19.1. The molecule has 0 amide bonds. The molecule has 1 unspecified atom stereocenters. The predicted molar refractivity (Wildman–Crippen MR) is 65.6 cm³/mol. The summed E-state index contributed by atoms with van der Waals surface area (Å²) in [6.07, 6.45) is 1.51. The molecule has 0 heterocycles. The average molecular weight is 255 g/mol. The van der Waals surface area contributed by atoms with E-state index < -0.39 is 23.5 Å². The first-order chi connectivity index (χ1) is 8.45. The number of benzene rings is 1. The van der Waals surface area contributed by atoms with Gasteiger partial charge in [0, 0.05) is 19.2 Å². The highest BCUT2D eigenvalue weighted by Gasteiger charge is 2.18. The number of rotatable bonds is 6. The van der Waals surface area contributed by atoms with Crippen molar-refractivity contribution < 1.29 is 18.7 Å². The highest BCUT2D eigenvalue weighted by molar-refractivity contribution is 5.70. The third kappa shape index (κ3) is 3.55. The van der Waals surface area contributed by atoms with Gasteiger partial charge >= 0.3 is 5.97 Å². The van der Waals surface area contributed by atoms with E-state index in [1.165, 1.54) is 17.9 Å². The number of halogens is 2. The lowest BCUT2D eigenvalue weighted by atomic mass is 10.1. The number of carboxylic acid groups (broad SMARTS) is 1. The lowest BCUT2D eigenvalue weighted by Crippen LogP contribution is -2.32. The minimum Gasteiger partial charge on any atom is -0.481 e. The smallest absolute Gasteiger partial charge is 0.308 e. The summed E-state index contributed by atoms with van der Waals surface area (Å²) in [5.41, 5.74) is 0.0444. The van der Waals surface area contributed by atoms with Crippen LogP contribution in [0.4, 0.5) is 14.5 Å². The molecule has 0 saturated heterocycles. The van der Waals surface area contributed by atoms with Crippen molar-refractivity contribution in [1.82, 2.24) is 0 Å². The van der Waals surface area contributed by atoms with E-state index in [0.29, 0.717) is 0 Å². The minimum absolute atomic E-state index is 0.0444. The molecule has 0 aliphatic heterocycles. The van der Waals surface area contributed by atoms with Gasteiger partial charge in [-0.3, -0.25) is 4.79 Å². The van der Waals surface area contributed by atoms with Crippen LogP contribution in [0.5, 0.6) is 0 Å². The summed E-state index contributed by atoms with van der Waals surface area (Å²) in [7, 11) is 0. The second kappa shape index (κ2) is 6.14. The number of nitrogens with zero attached hydrogens (tertiary/aromatic N) is 1. The van der Waals surface area contributed by atoms with E-state index in [1.807, 2.05) is 0 Å². The summed E-state index contributed by atoms with van der Waals surface area (Å²) in [5.74, 6) is -2.83. The van der Waals surface area contributed by atoms with Crippen molar-refractivity contribution in [1.29, 1.82) is 0 Å². The number of hydrogen-bond donors (Lipinski definition) is 1. The van der Waals surface area contributed by atoms with Gasteiger partial charge in [0.15, 0.2) is 0 Å². The van der Waals surface area contributed by atoms with E-state index >= 15 is 0 Å². The zero-order valence-electron chi connectivity index (χ0n) is 10.1. The van der Waals surface area contributed by atoms with Crippen molar-refractivity contribution >= 4 is 11.7 Å². The Morgan fingerprint density at radius 2 is 2.22 bits per heavy atom. The average Bonchev–Trinajstić information content (AvgIpc) is 2.31. The Morgan fingerprint density at radius 1 is 1.56 bits per heavy atom. The van der Waals surface area contributed by atoms with Gasteiger partial charge in [0.25, 0.3) is 0 Å². The molecule has 0 bridgehead atoms. The van der Waals surface area contributed by atoms with E-state index in [-0.39, 0.29) is 18.8 Å². The molecule has 1 aromatic rings. The third-order valence-electron chi connectivity index (χ3n) is 2.51. The Morgan fingerprint density at radius 3 is 2.78 bits per heavy atom. The van der Waals surface area contributed by atoms with Crippen molar-refractivity contribution in [2.75, 3.05) is 18.0 Å². The van der Waals surface area contributed by atoms with E-state index in [2.05, 4.69) is 6.58 Å². The molecule has 1 rings (SSSR count). The molecule has 5 heteroatoms. The second-order valence-electron chi connectivity index (χ2n) is 4.03. The van der Waals surface area contributed by atoms with E-state index in [4.69, 9.17) is 5.11 Å². The molecular formula is C13H15F2NO2. The van der Waals surface area contributed by atoms with Gasteiger partial charge in [0.05, 0.1) is 11.6 Å². The van der Waals surface area contributed by atoms with Gasteiger partial charge in [-0.2, -0.15) is 0 Å². The Bertz CT molecular complexity index is 449. The van der Waals surface area contributed by atoms with Crippen LogP contribution in [0.15, 0.2) is 30.9 Å². The molecule has 98 valence electrons. The first-order valence-corrected chi connectivity index (χ1v) is 5.49. The van der Waals surface area contributed by atoms with Crippen LogP contribution in [0.1, 0.15) is 6.92 Å². The SMILES string of the molecule is C=CCN(CC(C)C(=O)O)c1cc(F)ccc1F. The Hall–Kier alpha value is -1.91. The molecule has 0 aromatic heterocycles. The zero-order valence-corrected chi connectivity index (χ0v) is 10.1. The lowest BCUT2D eigenvalue weighted by molar-refractivity contribution is -0.140. The first kappa shape index (κ1) is 14.2. The van der Waals surface area contributed by atoms with Crippen LogP contribution >= 0.6 is 0 Å². The van der Waals surface area contributed by atoms with Crippen LogP contribution in [-0.4, -0.2) is 24.2 Å². The number of anilines is 1. The van der Waals surface area contributed by atoms with Crippen LogP contribution in [-0.2, 0) is 4.79 Å². The lowest BCUT2D eigenvalue weighted by Gasteiger charge is -2.25. The van der Waals surface area contributed by atoms with E-state index in [9.17, 15) is 13.6 Å². The van der Waals surface area contributed by atoms with Gasteiger partial charge in [-0.15, -0.1) is 6.58 Å². The fourth-order valence-corrected chi connectivity index (χ4v) is 1.56. The van der Waals surface area contributed by atoms with Crippen molar-refractivity contribution in [3.63, 3.8) is 0 Å². The number of aliphatic carboxylic acids is 1. The Balaban J connectivity index is 2.99. The maximum absolute atomic E-state index is 13.6. The highest BCUT2D eigenvalue weighted by Crippen LogP contribution is 2.21. The van der Waals surface area contributed by atoms with Crippen LogP contribution < -0.4 is 4.90 Å². The number of carboxylic acids is 1. The molecule has 3 nitrogen and oxygen atoms in total. The van der Waals surface area contributed by atoms with Crippen molar-refractivity contribution in [2.24, 2.45) is 5.92 Å². The van der Waals surface area contributed by atoms with Crippen LogP contribution in [0.2, 0.25) is 0 Å². The zero-order chi connectivity index (χ0) is 13.7. The summed E-state index contributed by atoms with van der Waals surface area (Å²) in [5, 5.41) is 8.85. The molecule has 0 aliphatic carbocycles. The molecule has 1 atom stereocenters. The van der Waals surface area contributed by atoms with Gasteiger partial charge in [0.2, 0.25) is 0 Å². The number of carbonyl (C=O) groups is 1. The number of hydrogen-bond acceptors (Lipinski definition) is 2. The summed E-state index contributed by atoms with van der Waals surface area (Å²) in [4.78, 5) is 12.3. The standard InChI is InChI=1S/C13H15F2NO2/c1-3-6-16(8-9(2)13(17)18)12-7-10(14)4-5-11(12)15/h3-5,7,9H,1,6,8H2,2H3,(H,17,18). The first-order valence-electron chi connectivity index (χ1n) is 5.49. The minimum atomic E-state index is -0.985. The summed E-state index contributed by atoms with van der Waals surface area (Å²) in [6.45, 7) is 5.37. The molecule has 0 aliphatic rings. The molecule has 0 radical (unpaired) electrons. The predicted octanol–water partition coefficient (Wildman–Crippen LogP) is 2.68. The monoisotopic (exact) mass is 255 g/mol. The third-order valence-corrected chi connectivity index (χ3v) is 2.51. The fourth-order valence-electron chi connectivity index (χ4n) is 1.56.